The Labute approximate surface area is 107 Å². The van der Waals surface area contributed by atoms with Crippen LogP contribution in [0, 0.1) is 11.8 Å². The molecule has 1 heterocycles. The van der Waals surface area contributed by atoms with Crippen LogP contribution in [-0.4, -0.2) is 11.5 Å². The Balaban J connectivity index is 1.80. The lowest BCUT2D eigenvalue weighted by molar-refractivity contribution is 0.286. The van der Waals surface area contributed by atoms with Crippen molar-refractivity contribution in [2.24, 2.45) is 11.8 Å². The Morgan fingerprint density at radius 3 is 1.81 bits per heavy atom. The largest absolute Gasteiger partial charge is 0.125 e. The van der Waals surface area contributed by atoms with Crippen LogP contribution in [0.15, 0.2) is 34.1 Å². The van der Waals surface area contributed by atoms with Crippen LogP contribution in [0.3, 0.4) is 0 Å². The summed E-state index contributed by atoms with van der Waals surface area (Å²) < 4.78 is 0. The van der Waals surface area contributed by atoms with Crippen molar-refractivity contribution in [3.8, 4) is 0 Å². The second-order valence-corrected chi connectivity index (χ2v) is 7.00. The summed E-state index contributed by atoms with van der Waals surface area (Å²) in [4.78, 5) is 3.02. The van der Waals surface area contributed by atoms with Gasteiger partial charge in [-0.1, -0.05) is 25.0 Å². The molecule has 2 heteroatoms. The summed E-state index contributed by atoms with van der Waals surface area (Å²) >= 11 is 4.18. The average Bonchev–Trinajstić information content (AvgIpc) is 2.32. The third-order valence-electron chi connectivity index (χ3n) is 3.82. The van der Waals surface area contributed by atoms with Gasteiger partial charge in [-0.15, -0.1) is 23.5 Å². The number of hydrogen-bond acceptors (Lipinski definition) is 2. The molecule has 1 fully saturated rings. The predicted octanol–water partition coefficient (Wildman–Crippen LogP) is 4.69. The van der Waals surface area contributed by atoms with E-state index in [1.54, 1.807) is 0 Å². The van der Waals surface area contributed by atoms with Crippen molar-refractivity contribution >= 4 is 23.5 Å². The molecular formula is C14H18S2. The molecule has 2 atom stereocenters. The van der Waals surface area contributed by atoms with E-state index in [1.165, 1.54) is 47.0 Å². The maximum absolute atomic E-state index is 2.29. The van der Waals surface area contributed by atoms with Crippen LogP contribution in [0.5, 0.6) is 0 Å². The van der Waals surface area contributed by atoms with Crippen LogP contribution in [0.1, 0.15) is 25.7 Å². The highest BCUT2D eigenvalue weighted by atomic mass is 32.2. The highest BCUT2D eigenvalue weighted by molar-refractivity contribution is 8.02. The Morgan fingerprint density at radius 2 is 1.31 bits per heavy atom. The lowest BCUT2D eigenvalue weighted by atomic mass is 9.81. The Hall–Kier alpha value is -0.0800. The number of hydrogen-bond donors (Lipinski definition) is 0. The summed E-state index contributed by atoms with van der Waals surface area (Å²) in [5, 5.41) is 0. The van der Waals surface area contributed by atoms with Gasteiger partial charge in [-0.25, -0.2) is 0 Å². The molecule has 1 saturated carbocycles. The molecule has 1 aliphatic heterocycles. The lowest BCUT2D eigenvalue weighted by Crippen LogP contribution is -2.24. The quantitative estimate of drug-likeness (QED) is 0.655. The first-order chi connectivity index (χ1) is 7.93. The van der Waals surface area contributed by atoms with E-state index in [4.69, 9.17) is 0 Å². The van der Waals surface area contributed by atoms with Gasteiger partial charge in [0.05, 0.1) is 0 Å². The Bertz CT molecular complexity index is 327. The van der Waals surface area contributed by atoms with Crippen LogP contribution in [0.4, 0.5) is 0 Å². The van der Waals surface area contributed by atoms with E-state index in [9.17, 15) is 0 Å². The fourth-order valence-corrected chi connectivity index (χ4v) is 5.59. The number of benzene rings is 1. The van der Waals surface area contributed by atoms with Gasteiger partial charge >= 0.3 is 0 Å². The van der Waals surface area contributed by atoms with Gasteiger partial charge in [-0.3, -0.25) is 0 Å². The Morgan fingerprint density at radius 1 is 0.812 bits per heavy atom. The van der Waals surface area contributed by atoms with Crippen LogP contribution in [-0.2, 0) is 0 Å². The molecule has 0 bridgehead atoms. The van der Waals surface area contributed by atoms with Gasteiger partial charge in [0.15, 0.2) is 0 Å². The molecule has 1 aliphatic carbocycles. The van der Waals surface area contributed by atoms with Gasteiger partial charge in [-0.05, 0) is 36.8 Å². The summed E-state index contributed by atoms with van der Waals surface area (Å²) in [5.41, 5.74) is 0. The summed E-state index contributed by atoms with van der Waals surface area (Å²) in [6.45, 7) is 0. The van der Waals surface area contributed by atoms with Gasteiger partial charge in [0.2, 0.25) is 0 Å². The molecule has 0 spiro atoms. The first-order valence-electron chi connectivity index (χ1n) is 6.28. The Kier molecular flexibility index (Phi) is 3.49. The van der Waals surface area contributed by atoms with E-state index in [1.807, 2.05) is 0 Å². The van der Waals surface area contributed by atoms with Gasteiger partial charge in [-0.2, -0.15) is 0 Å². The monoisotopic (exact) mass is 250 g/mol. The fraction of sp³-hybridized carbons (Fsp3) is 0.571. The summed E-state index contributed by atoms with van der Waals surface area (Å²) in [5.74, 6) is 4.67. The van der Waals surface area contributed by atoms with E-state index >= 15 is 0 Å². The van der Waals surface area contributed by atoms with Crippen LogP contribution >= 0.6 is 23.5 Å². The molecule has 86 valence electrons. The molecule has 1 aromatic rings. The van der Waals surface area contributed by atoms with Crippen molar-refractivity contribution < 1.29 is 0 Å². The third-order valence-corrected chi connectivity index (χ3v) is 6.47. The maximum Gasteiger partial charge on any atom is 0.0208 e. The molecule has 0 aromatic heterocycles. The zero-order chi connectivity index (χ0) is 10.8. The van der Waals surface area contributed by atoms with E-state index in [0.717, 1.165) is 11.8 Å². The van der Waals surface area contributed by atoms with Crippen molar-refractivity contribution in [1.82, 2.24) is 0 Å². The highest BCUT2D eigenvalue weighted by Crippen LogP contribution is 2.42. The normalized spacial score (nSPS) is 29.8. The summed E-state index contributed by atoms with van der Waals surface area (Å²) in [6.07, 6.45) is 5.88. The molecule has 0 N–H and O–H groups in total. The molecule has 16 heavy (non-hydrogen) atoms. The van der Waals surface area contributed by atoms with Crippen molar-refractivity contribution in [2.75, 3.05) is 11.5 Å². The van der Waals surface area contributed by atoms with E-state index in [2.05, 4.69) is 47.8 Å². The average molecular weight is 250 g/mol. The maximum atomic E-state index is 2.29. The van der Waals surface area contributed by atoms with E-state index < -0.39 is 0 Å². The first-order valence-corrected chi connectivity index (χ1v) is 8.25. The summed E-state index contributed by atoms with van der Waals surface area (Å²) in [7, 11) is 0. The van der Waals surface area contributed by atoms with Gasteiger partial charge in [0, 0.05) is 21.3 Å². The third kappa shape index (κ3) is 2.28. The van der Waals surface area contributed by atoms with E-state index in [0.29, 0.717) is 0 Å². The van der Waals surface area contributed by atoms with Crippen LogP contribution in [0.25, 0.3) is 0 Å². The SMILES string of the molecule is c1ccc2c(c1)SC[C@H]1CCCC[C@@H]1CS2. The number of fused-ring (bicyclic) bond motifs is 2. The fourth-order valence-electron chi connectivity index (χ4n) is 2.81. The van der Waals surface area contributed by atoms with Gasteiger partial charge in [0.25, 0.3) is 0 Å². The smallest absolute Gasteiger partial charge is 0.0208 e. The van der Waals surface area contributed by atoms with Crippen LogP contribution in [0.2, 0.25) is 0 Å². The highest BCUT2D eigenvalue weighted by Gasteiger charge is 2.27. The van der Waals surface area contributed by atoms with Crippen molar-refractivity contribution in [3.05, 3.63) is 24.3 Å². The molecule has 0 unspecified atom stereocenters. The molecular weight excluding hydrogens is 232 g/mol. The van der Waals surface area contributed by atoms with Crippen LogP contribution < -0.4 is 0 Å². The molecule has 0 saturated heterocycles. The molecule has 1 aromatic carbocycles. The zero-order valence-electron chi connectivity index (χ0n) is 9.52. The minimum Gasteiger partial charge on any atom is -0.125 e. The first kappa shape index (κ1) is 11.0. The van der Waals surface area contributed by atoms with Gasteiger partial charge < -0.3 is 0 Å². The number of rotatable bonds is 0. The predicted molar refractivity (Wildman–Crippen MR) is 73.3 cm³/mol. The second kappa shape index (κ2) is 5.05. The summed E-state index contributed by atoms with van der Waals surface area (Å²) in [6, 6.07) is 8.92. The van der Waals surface area contributed by atoms with Crippen molar-refractivity contribution in [2.45, 2.75) is 35.5 Å². The molecule has 0 radical (unpaired) electrons. The second-order valence-electron chi connectivity index (χ2n) is 4.87. The zero-order valence-corrected chi connectivity index (χ0v) is 11.2. The van der Waals surface area contributed by atoms with Crippen molar-refractivity contribution in [3.63, 3.8) is 0 Å². The number of thioether (sulfide) groups is 2. The molecule has 0 amide bonds. The lowest BCUT2D eigenvalue weighted by Gasteiger charge is -2.33. The topological polar surface area (TPSA) is 0 Å². The minimum absolute atomic E-state index is 0.986. The van der Waals surface area contributed by atoms with Crippen molar-refractivity contribution in [1.29, 1.82) is 0 Å². The standard InChI is InChI=1S/C14H18S2/c1-2-6-12-10-16-14-8-4-3-7-13(14)15-9-11(12)5-1/h3-4,7-8,11-12H,1-2,5-6,9-10H2/t11-,12-/m1/s1. The molecule has 0 nitrogen and oxygen atoms in total. The van der Waals surface area contributed by atoms with E-state index in [-0.39, 0.29) is 0 Å². The minimum atomic E-state index is 0.986. The molecule has 2 aliphatic rings. The van der Waals surface area contributed by atoms with Gasteiger partial charge in [0.1, 0.15) is 0 Å². The molecule has 3 rings (SSSR count).